The molecule has 12 nitrogen and oxygen atoms in total. The van der Waals surface area contributed by atoms with E-state index in [1.165, 1.54) is 0 Å². The maximum absolute atomic E-state index is 11.5. The molecule has 1 atom stereocenters. The molecule has 39 heavy (non-hydrogen) atoms. The Kier molecular flexibility index (Phi) is 22.0. The van der Waals surface area contributed by atoms with E-state index in [0.717, 1.165) is 25.7 Å². The number of hydrogen-bond acceptors (Lipinski definition) is 10. The quantitative estimate of drug-likeness (QED) is 0.0827. The van der Waals surface area contributed by atoms with E-state index in [2.05, 4.69) is 23.8 Å². The second kappa shape index (κ2) is 24.0. The zero-order valence-corrected chi connectivity index (χ0v) is 23.7. The largest absolute Gasteiger partial charge is 0.460 e. The van der Waals surface area contributed by atoms with Crippen LogP contribution in [0.1, 0.15) is 59.3 Å². The van der Waals surface area contributed by atoms with Gasteiger partial charge in [0.1, 0.15) is 13.2 Å². The molecular weight excluding hydrogens is 512 g/mol. The molecule has 2 N–H and O–H groups in total. The Labute approximate surface area is 231 Å². The monoisotopic (exact) mass is 558 g/mol. The number of alkyl carbamates (subject to hydrolysis) is 2. The zero-order valence-electron chi connectivity index (χ0n) is 23.7. The smallest absolute Gasteiger partial charge is 0.407 e. The summed E-state index contributed by atoms with van der Waals surface area (Å²) in [5.41, 5.74) is 0.613. The summed E-state index contributed by atoms with van der Waals surface area (Å²) in [6.07, 6.45) is 3.68. The van der Waals surface area contributed by atoms with Crippen LogP contribution in [0.25, 0.3) is 0 Å². The molecule has 0 spiro atoms. The van der Waals surface area contributed by atoms with E-state index in [4.69, 9.17) is 28.4 Å². The summed E-state index contributed by atoms with van der Waals surface area (Å²) in [6, 6.07) is 0. The Morgan fingerprint density at radius 1 is 0.615 bits per heavy atom. The van der Waals surface area contributed by atoms with E-state index in [0.29, 0.717) is 43.8 Å². The maximum atomic E-state index is 11.5. The molecule has 0 radical (unpaired) electrons. The van der Waals surface area contributed by atoms with Gasteiger partial charge in [-0.05, 0) is 59.3 Å². The van der Waals surface area contributed by atoms with E-state index in [-0.39, 0.29) is 45.6 Å². The third-order valence-corrected chi connectivity index (χ3v) is 4.90. The molecule has 0 aliphatic rings. The summed E-state index contributed by atoms with van der Waals surface area (Å²) < 4.78 is 31.2. The van der Waals surface area contributed by atoms with Gasteiger partial charge in [-0.25, -0.2) is 19.2 Å². The molecule has 0 aromatic rings. The summed E-state index contributed by atoms with van der Waals surface area (Å²) in [5, 5.41) is 5.01. The van der Waals surface area contributed by atoms with E-state index >= 15 is 0 Å². The van der Waals surface area contributed by atoms with Crippen molar-refractivity contribution in [1.29, 1.82) is 0 Å². The van der Waals surface area contributed by atoms with Crippen molar-refractivity contribution in [3.63, 3.8) is 0 Å². The highest BCUT2D eigenvalue weighted by molar-refractivity contribution is 5.87. The van der Waals surface area contributed by atoms with Gasteiger partial charge in [0.05, 0.1) is 32.4 Å². The fourth-order valence-corrected chi connectivity index (χ4v) is 2.72. The Hall–Kier alpha value is -3.12. The standard InChI is InChI=1S/C27H46N2O10/c1-21(2)24(30)36-19-12-28-26(32)38-17-7-6-14-34-15-10-11-23(5)35-16-8-9-18-39-27(33)29-13-20-37-25(31)22(3)4/h23H,1,3,6-20H2,2,4-5H3,(H,28,32)(H,29,33). The summed E-state index contributed by atoms with van der Waals surface area (Å²) in [6.45, 7) is 14.9. The van der Waals surface area contributed by atoms with Crippen LogP contribution in [0.3, 0.4) is 0 Å². The lowest BCUT2D eigenvalue weighted by Gasteiger charge is -2.13. The highest BCUT2D eigenvalue weighted by Gasteiger charge is 2.07. The van der Waals surface area contributed by atoms with Gasteiger partial charge in [-0.15, -0.1) is 0 Å². The number of rotatable bonds is 23. The van der Waals surface area contributed by atoms with Crippen LogP contribution in [0.5, 0.6) is 0 Å². The molecule has 0 saturated heterocycles. The lowest BCUT2D eigenvalue weighted by atomic mass is 10.2. The number of ether oxygens (including phenoxy) is 6. The molecule has 0 aliphatic carbocycles. The van der Waals surface area contributed by atoms with Gasteiger partial charge in [-0.3, -0.25) is 0 Å². The van der Waals surface area contributed by atoms with Crippen LogP contribution in [-0.2, 0) is 38.0 Å². The third kappa shape index (κ3) is 23.7. The average Bonchev–Trinajstić information content (AvgIpc) is 2.89. The number of unbranched alkanes of at least 4 members (excludes halogenated alkanes) is 2. The average molecular weight is 559 g/mol. The predicted octanol–water partition coefficient (Wildman–Crippen LogP) is 3.44. The molecule has 0 saturated carbocycles. The lowest BCUT2D eigenvalue weighted by molar-refractivity contribution is -0.139. The maximum Gasteiger partial charge on any atom is 0.407 e. The van der Waals surface area contributed by atoms with Crippen LogP contribution in [0, 0.1) is 0 Å². The minimum atomic E-state index is -0.551. The van der Waals surface area contributed by atoms with Crippen LogP contribution in [-0.4, -0.2) is 89.6 Å². The van der Waals surface area contributed by atoms with Crippen molar-refractivity contribution in [1.82, 2.24) is 10.6 Å². The van der Waals surface area contributed by atoms with E-state index in [1.807, 2.05) is 6.92 Å². The SMILES string of the molecule is C=C(C)C(=O)OCCNC(=O)OCCCCOCCCC(C)OCCCCOC(=O)NCCOC(=O)C(=C)C. The summed E-state index contributed by atoms with van der Waals surface area (Å²) in [7, 11) is 0. The number of carbonyl (C=O) groups is 4. The zero-order chi connectivity index (χ0) is 29.3. The fraction of sp³-hybridized carbons (Fsp3) is 0.704. The summed E-state index contributed by atoms with van der Waals surface area (Å²) in [5.74, 6) is -0.985. The molecule has 0 aromatic carbocycles. The van der Waals surface area contributed by atoms with E-state index in [9.17, 15) is 19.2 Å². The number of amides is 2. The van der Waals surface area contributed by atoms with Crippen LogP contribution in [0.2, 0.25) is 0 Å². The summed E-state index contributed by atoms with van der Waals surface area (Å²) in [4.78, 5) is 45.5. The Morgan fingerprint density at radius 2 is 1.05 bits per heavy atom. The topological polar surface area (TPSA) is 148 Å². The van der Waals surface area contributed by atoms with Gasteiger partial charge >= 0.3 is 24.1 Å². The van der Waals surface area contributed by atoms with Crippen LogP contribution in [0.15, 0.2) is 24.3 Å². The molecule has 0 bridgehead atoms. The number of carbonyl (C=O) groups excluding carboxylic acids is 4. The number of nitrogens with one attached hydrogen (secondary N) is 2. The van der Waals surface area contributed by atoms with Gasteiger partial charge in [0.2, 0.25) is 0 Å². The van der Waals surface area contributed by atoms with Gasteiger partial charge < -0.3 is 39.1 Å². The summed E-state index contributed by atoms with van der Waals surface area (Å²) >= 11 is 0. The number of esters is 2. The minimum Gasteiger partial charge on any atom is -0.460 e. The first-order chi connectivity index (χ1) is 18.6. The van der Waals surface area contributed by atoms with Crippen LogP contribution >= 0.6 is 0 Å². The lowest BCUT2D eigenvalue weighted by Crippen LogP contribution is -2.29. The minimum absolute atomic E-state index is 0.0622. The van der Waals surface area contributed by atoms with Gasteiger partial charge in [0.15, 0.2) is 0 Å². The van der Waals surface area contributed by atoms with Crippen molar-refractivity contribution in [3.8, 4) is 0 Å². The van der Waals surface area contributed by atoms with Crippen molar-refractivity contribution in [2.75, 3.05) is 59.3 Å². The third-order valence-electron chi connectivity index (χ3n) is 4.90. The van der Waals surface area contributed by atoms with Gasteiger partial charge in [0.25, 0.3) is 0 Å². The first-order valence-electron chi connectivity index (χ1n) is 13.3. The molecule has 12 heteroatoms. The molecule has 0 fully saturated rings. The van der Waals surface area contributed by atoms with Crippen molar-refractivity contribution in [2.24, 2.45) is 0 Å². The highest BCUT2D eigenvalue weighted by Crippen LogP contribution is 2.04. The molecule has 2 amide bonds. The second-order valence-corrected chi connectivity index (χ2v) is 8.81. The Balaban J connectivity index is 3.43. The molecule has 0 heterocycles. The van der Waals surface area contributed by atoms with Crippen molar-refractivity contribution in [3.05, 3.63) is 24.3 Å². The molecule has 0 aromatic heterocycles. The predicted molar refractivity (Wildman–Crippen MR) is 144 cm³/mol. The first-order valence-corrected chi connectivity index (χ1v) is 13.3. The first kappa shape index (κ1) is 35.9. The van der Waals surface area contributed by atoms with Crippen molar-refractivity contribution < 1.29 is 47.6 Å². The van der Waals surface area contributed by atoms with Gasteiger partial charge in [-0.1, -0.05) is 13.2 Å². The molecular formula is C27H46N2O10. The molecule has 0 rings (SSSR count). The van der Waals surface area contributed by atoms with E-state index < -0.39 is 24.1 Å². The Morgan fingerprint density at radius 3 is 1.54 bits per heavy atom. The second-order valence-electron chi connectivity index (χ2n) is 8.81. The normalized spacial score (nSPS) is 11.2. The molecule has 0 aliphatic heterocycles. The van der Waals surface area contributed by atoms with Crippen molar-refractivity contribution >= 4 is 24.1 Å². The van der Waals surface area contributed by atoms with Crippen LogP contribution in [0.4, 0.5) is 9.59 Å². The van der Waals surface area contributed by atoms with Gasteiger partial charge in [-0.2, -0.15) is 0 Å². The molecule has 1 unspecified atom stereocenters. The van der Waals surface area contributed by atoms with Crippen molar-refractivity contribution in [2.45, 2.75) is 65.4 Å². The molecule has 224 valence electrons. The fourth-order valence-electron chi connectivity index (χ4n) is 2.72. The highest BCUT2D eigenvalue weighted by atomic mass is 16.6. The van der Waals surface area contributed by atoms with E-state index in [1.54, 1.807) is 13.8 Å². The van der Waals surface area contributed by atoms with Crippen LogP contribution < -0.4 is 10.6 Å². The van der Waals surface area contributed by atoms with Gasteiger partial charge in [0, 0.05) is 31.0 Å². The Bertz CT molecular complexity index is 757. The number of hydrogen-bond donors (Lipinski definition) is 2.